The maximum atomic E-state index is 12.7. The van der Waals surface area contributed by atoms with Gasteiger partial charge in [-0.15, -0.1) is 0 Å². The topological polar surface area (TPSA) is 103 Å². The van der Waals surface area contributed by atoms with E-state index in [1.165, 1.54) is 0 Å². The summed E-state index contributed by atoms with van der Waals surface area (Å²) in [4.78, 5) is 25.4. The highest BCUT2D eigenvalue weighted by Crippen LogP contribution is 2.22. The van der Waals surface area contributed by atoms with Crippen LogP contribution in [0, 0.1) is 13.8 Å². The summed E-state index contributed by atoms with van der Waals surface area (Å²) in [6.07, 6.45) is 3.39. The van der Waals surface area contributed by atoms with Crippen LogP contribution in [-0.4, -0.2) is 27.2 Å². The maximum Gasteiger partial charge on any atom is 0.307 e. The highest BCUT2D eigenvalue weighted by Gasteiger charge is 2.13. The Labute approximate surface area is 254 Å². The molecule has 0 atom stereocenters. The normalized spacial score (nSPS) is 11.2. The number of carbonyl (C=O) groups excluding carboxylic acids is 2. The lowest BCUT2D eigenvalue weighted by Gasteiger charge is -2.10. The number of ether oxygens (including phenoxy) is 1. The monoisotopic (exact) mass is 585 g/mol. The molecular formula is C35H31N5O4. The van der Waals surface area contributed by atoms with Gasteiger partial charge in [0.2, 0.25) is 5.91 Å². The molecule has 2 N–H and O–H groups in total. The highest BCUT2D eigenvalue weighted by molar-refractivity contribution is 6.01. The van der Waals surface area contributed by atoms with Gasteiger partial charge in [-0.05, 0) is 80.6 Å². The zero-order chi connectivity index (χ0) is 30.5. The van der Waals surface area contributed by atoms with Crippen LogP contribution < -0.4 is 15.5 Å². The fourth-order valence-electron chi connectivity index (χ4n) is 5.10. The number of aromatic nitrogens is 2. The van der Waals surface area contributed by atoms with Crippen molar-refractivity contribution in [3.05, 3.63) is 138 Å². The second kappa shape index (κ2) is 12.6. The molecule has 6 aromatic rings. The Bertz CT molecular complexity index is 1930. The van der Waals surface area contributed by atoms with Crippen LogP contribution in [0.2, 0.25) is 0 Å². The van der Waals surface area contributed by atoms with E-state index in [1.807, 2.05) is 89.6 Å². The number of nitrogens with zero attached hydrogens (tertiary/aromatic N) is 3. The van der Waals surface area contributed by atoms with Gasteiger partial charge in [-0.1, -0.05) is 36.4 Å². The Morgan fingerprint density at radius 2 is 1.59 bits per heavy atom. The van der Waals surface area contributed by atoms with E-state index in [9.17, 15) is 9.59 Å². The molecule has 3 aromatic carbocycles. The third-order valence-electron chi connectivity index (χ3n) is 7.19. The molecule has 0 unspecified atom stereocenters. The van der Waals surface area contributed by atoms with Gasteiger partial charge in [0.1, 0.15) is 24.7 Å². The van der Waals surface area contributed by atoms with Crippen molar-refractivity contribution >= 4 is 34.6 Å². The van der Waals surface area contributed by atoms with Crippen LogP contribution in [-0.2, 0) is 17.9 Å². The quantitative estimate of drug-likeness (QED) is 0.139. The Morgan fingerprint density at radius 3 is 2.36 bits per heavy atom. The molecule has 3 heterocycles. The van der Waals surface area contributed by atoms with Crippen LogP contribution in [0.15, 0.2) is 119 Å². The minimum absolute atomic E-state index is 0.120. The second-order valence-electron chi connectivity index (χ2n) is 10.3. The smallest absolute Gasteiger partial charge is 0.307 e. The molecule has 2 amide bonds. The van der Waals surface area contributed by atoms with Crippen LogP contribution in [0.1, 0.15) is 33.3 Å². The zero-order valence-corrected chi connectivity index (χ0v) is 24.4. The van der Waals surface area contributed by atoms with E-state index in [4.69, 9.17) is 9.15 Å². The Morgan fingerprint density at radius 1 is 0.864 bits per heavy atom. The van der Waals surface area contributed by atoms with E-state index in [-0.39, 0.29) is 24.8 Å². The van der Waals surface area contributed by atoms with Gasteiger partial charge in [0.25, 0.3) is 0 Å². The van der Waals surface area contributed by atoms with Crippen molar-refractivity contribution in [3.8, 4) is 11.4 Å². The van der Waals surface area contributed by atoms with Crippen molar-refractivity contribution in [1.82, 2.24) is 14.6 Å². The first kappa shape index (κ1) is 28.3. The molecule has 0 saturated carbocycles. The summed E-state index contributed by atoms with van der Waals surface area (Å²) in [7, 11) is 0. The number of nitrogens with one attached hydrogen (secondary N) is 2. The van der Waals surface area contributed by atoms with Gasteiger partial charge in [0.05, 0.1) is 6.21 Å². The number of carbonyl (C=O) groups is 2. The lowest BCUT2D eigenvalue weighted by Crippen LogP contribution is -2.18. The van der Waals surface area contributed by atoms with Gasteiger partial charge in [0.15, 0.2) is 5.76 Å². The first-order chi connectivity index (χ1) is 21.4. The molecular weight excluding hydrogens is 554 g/mol. The molecule has 0 aliphatic heterocycles. The summed E-state index contributed by atoms with van der Waals surface area (Å²) in [6, 6.07) is 32.3. The number of anilines is 1. The summed E-state index contributed by atoms with van der Waals surface area (Å²) >= 11 is 0. The molecule has 3 aromatic heterocycles. The number of aryl methyl sites for hydroxylation is 2. The Hall–Kier alpha value is -5.83. The van der Waals surface area contributed by atoms with Crippen LogP contribution in [0.25, 0.3) is 16.6 Å². The number of hydrazone groups is 1. The van der Waals surface area contributed by atoms with Crippen molar-refractivity contribution in [2.75, 3.05) is 5.32 Å². The predicted molar refractivity (Wildman–Crippen MR) is 170 cm³/mol. The summed E-state index contributed by atoms with van der Waals surface area (Å²) in [5.74, 6) is 0.692. The Balaban J connectivity index is 1.05. The van der Waals surface area contributed by atoms with E-state index >= 15 is 0 Å². The summed E-state index contributed by atoms with van der Waals surface area (Å²) < 4.78 is 15.6. The summed E-state index contributed by atoms with van der Waals surface area (Å²) in [5.41, 5.74) is 8.28. The molecule has 0 saturated heterocycles. The van der Waals surface area contributed by atoms with E-state index in [2.05, 4.69) is 46.4 Å². The fraction of sp³-hybridized carbons (Fsp3) is 0.114. The highest BCUT2D eigenvalue weighted by atomic mass is 16.5. The van der Waals surface area contributed by atoms with Crippen LogP contribution in [0.3, 0.4) is 0 Å². The molecule has 0 aliphatic carbocycles. The number of benzene rings is 3. The fourth-order valence-corrected chi connectivity index (χ4v) is 5.10. The van der Waals surface area contributed by atoms with Gasteiger partial charge < -0.3 is 23.6 Å². The minimum atomic E-state index is -0.486. The lowest BCUT2D eigenvalue weighted by atomic mass is 10.2. The number of fused-ring (bicyclic) bond motifs is 1. The van der Waals surface area contributed by atoms with Crippen molar-refractivity contribution in [2.24, 2.45) is 5.10 Å². The van der Waals surface area contributed by atoms with Crippen molar-refractivity contribution in [2.45, 2.75) is 27.0 Å². The van der Waals surface area contributed by atoms with Gasteiger partial charge in [-0.2, -0.15) is 5.10 Å². The SMILES string of the molecule is Cc1ccc(C)n1-c1ccc(OCc2ccc(C(=O)N/N=C/c3cn(CC(=O)Nc4ccccc4)c4ccccc34)o2)cc1. The van der Waals surface area contributed by atoms with E-state index in [0.717, 1.165) is 39.2 Å². The molecule has 0 fully saturated rings. The van der Waals surface area contributed by atoms with E-state index < -0.39 is 5.91 Å². The number of rotatable bonds is 10. The lowest BCUT2D eigenvalue weighted by molar-refractivity contribution is -0.116. The number of hydrogen-bond donors (Lipinski definition) is 2. The van der Waals surface area contributed by atoms with Crippen molar-refractivity contribution in [1.29, 1.82) is 0 Å². The summed E-state index contributed by atoms with van der Waals surface area (Å²) in [5, 5.41) is 7.95. The summed E-state index contributed by atoms with van der Waals surface area (Å²) in [6.45, 7) is 4.45. The predicted octanol–water partition coefficient (Wildman–Crippen LogP) is 6.62. The zero-order valence-electron chi connectivity index (χ0n) is 24.4. The van der Waals surface area contributed by atoms with Gasteiger partial charge >= 0.3 is 5.91 Å². The van der Waals surface area contributed by atoms with Gasteiger partial charge in [0, 0.05) is 45.4 Å². The molecule has 0 bridgehead atoms. The average molecular weight is 586 g/mol. The van der Waals surface area contributed by atoms with E-state index in [0.29, 0.717) is 11.5 Å². The van der Waals surface area contributed by atoms with Gasteiger partial charge in [-0.3, -0.25) is 9.59 Å². The molecule has 0 radical (unpaired) electrons. The second-order valence-corrected chi connectivity index (χ2v) is 10.3. The van der Waals surface area contributed by atoms with Crippen LogP contribution in [0.4, 0.5) is 5.69 Å². The third kappa shape index (κ3) is 6.32. The number of para-hydroxylation sites is 2. The molecule has 6 rings (SSSR count). The molecule has 0 aliphatic rings. The minimum Gasteiger partial charge on any atom is -0.486 e. The number of hydrogen-bond acceptors (Lipinski definition) is 5. The first-order valence-electron chi connectivity index (χ1n) is 14.2. The standard InChI is InChI=1S/C35H31N5O4/c1-24-12-13-25(2)40(24)28-14-16-29(17-15-28)43-23-30-18-19-33(44-30)35(42)38-36-20-26-21-39(32-11-7-6-10-31(26)32)22-34(41)37-27-8-4-3-5-9-27/h3-21H,22-23H2,1-2H3,(H,37,41)(H,38,42)/b36-20+. The molecule has 9 heteroatoms. The van der Waals surface area contributed by atoms with E-state index in [1.54, 1.807) is 18.3 Å². The Kier molecular flexibility index (Phi) is 8.09. The molecule has 220 valence electrons. The molecule has 9 nitrogen and oxygen atoms in total. The maximum absolute atomic E-state index is 12.7. The van der Waals surface area contributed by atoms with Crippen molar-refractivity contribution < 1.29 is 18.7 Å². The molecule has 44 heavy (non-hydrogen) atoms. The average Bonchev–Trinajstić information content (AvgIpc) is 3.74. The van der Waals surface area contributed by atoms with Crippen molar-refractivity contribution in [3.63, 3.8) is 0 Å². The van der Waals surface area contributed by atoms with Gasteiger partial charge in [-0.25, -0.2) is 5.43 Å². The van der Waals surface area contributed by atoms with Crippen LogP contribution in [0.5, 0.6) is 5.75 Å². The third-order valence-corrected chi connectivity index (χ3v) is 7.19. The van der Waals surface area contributed by atoms with Crippen LogP contribution >= 0.6 is 0 Å². The number of amides is 2. The number of furan rings is 1. The largest absolute Gasteiger partial charge is 0.486 e. The molecule has 0 spiro atoms. The first-order valence-corrected chi connectivity index (χ1v) is 14.2.